The highest BCUT2D eigenvalue weighted by Gasteiger charge is 2.47. The van der Waals surface area contributed by atoms with Crippen molar-refractivity contribution in [2.45, 2.75) is 50.3 Å². The minimum atomic E-state index is -1.19. The summed E-state index contributed by atoms with van der Waals surface area (Å²) < 4.78 is 0.125. The first-order valence-electron chi connectivity index (χ1n) is 4.19. The highest BCUT2D eigenvalue weighted by atomic mass is 35.5. The second kappa shape index (κ2) is 2.89. The molecule has 0 nitrogen and oxygen atoms in total. The van der Waals surface area contributed by atoms with E-state index in [1.807, 2.05) is 0 Å². The third-order valence-electron chi connectivity index (χ3n) is 2.82. The van der Waals surface area contributed by atoms with E-state index in [9.17, 15) is 0 Å². The van der Waals surface area contributed by atoms with Gasteiger partial charge in [-0.25, -0.2) is 0 Å². The summed E-state index contributed by atoms with van der Waals surface area (Å²) in [6.07, 6.45) is 0. The Morgan fingerprint density at radius 3 is 1.00 bits per heavy atom. The highest BCUT2D eigenvalue weighted by Crippen LogP contribution is 2.36. The van der Waals surface area contributed by atoms with Crippen LogP contribution in [0.15, 0.2) is 0 Å². The average Bonchev–Trinajstić information content (AvgIpc) is 1.58. The minimum absolute atomic E-state index is 0.125. The van der Waals surface area contributed by atoms with E-state index in [2.05, 4.69) is 46.2 Å². The molecule has 0 unspecified atom stereocenters. The van der Waals surface area contributed by atoms with E-state index in [1.54, 1.807) is 0 Å². The lowest BCUT2D eigenvalue weighted by molar-refractivity contribution is 1.09. The Balaban J connectivity index is 4.75. The summed E-state index contributed by atoms with van der Waals surface area (Å²) >= 11 is 6.61. The molecule has 0 amide bonds. The second-order valence-electron chi connectivity index (χ2n) is 5.50. The fourth-order valence-electron chi connectivity index (χ4n) is 1.12. The molecule has 0 heterocycles. The molecule has 0 spiro atoms. The van der Waals surface area contributed by atoms with Crippen LogP contribution in [0.5, 0.6) is 0 Å². The fourth-order valence-corrected chi connectivity index (χ4v) is 10.1. The minimum Gasteiger partial charge on any atom is -0.127 e. The van der Waals surface area contributed by atoms with Crippen molar-refractivity contribution in [2.75, 3.05) is 0 Å². The Hall–Kier alpha value is 0.724. The van der Waals surface area contributed by atoms with Crippen LogP contribution in [0.1, 0.15) is 6.92 Å². The summed E-state index contributed by atoms with van der Waals surface area (Å²) in [6, 6.07) is 0. The highest BCUT2D eigenvalue weighted by molar-refractivity contribution is 7.06. The standard InChI is InChI=1S/C8H21ClSi2/c1-8(9,10(2,3)4)11(5,6)7/h1-7H3. The second-order valence-corrected chi connectivity index (χ2v) is 18.4. The number of alkyl halides is 1. The van der Waals surface area contributed by atoms with Gasteiger partial charge in [-0.2, -0.15) is 0 Å². The summed E-state index contributed by atoms with van der Waals surface area (Å²) in [4.78, 5) is 0. The van der Waals surface area contributed by atoms with Crippen LogP contribution in [0, 0.1) is 0 Å². The quantitative estimate of drug-likeness (QED) is 0.479. The molecular weight excluding hydrogens is 188 g/mol. The molecule has 0 saturated carbocycles. The third kappa shape index (κ3) is 2.33. The van der Waals surface area contributed by atoms with Crippen LogP contribution in [0.3, 0.4) is 0 Å². The van der Waals surface area contributed by atoms with Crippen LogP contribution in [0.2, 0.25) is 39.3 Å². The molecule has 68 valence electrons. The van der Waals surface area contributed by atoms with Gasteiger partial charge in [-0.05, 0) is 0 Å². The van der Waals surface area contributed by atoms with E-state index in [-0.39, 0.29) is 4.12 Å². The first-order valence-corrected chi connectivity index (χ1v) is 11.6. The maximum atomic E-state index is 6.61. The van der Waals surface area contributed by atoms with Gasteiger partial charge in [-0.3, -0.25) is 0 Å². The molecular formula is C8H21ClSi2. The zero-order chi connectivity index (χ0) is 9.50. The molecule has 0 aromatic carbocycles. The maximum absolute atomic E-state index is 6.61. The van der Waals surface area contributed by atoms with Crippen molar-refractivity contribution in [1.29, 1.82) is 0 Å². The van der Waals surface area contributed by atoms with Gasteiger partial charge in [0, 0.05) is 4.12 Å². The zero-order valence-electron chi connectivity index (χ0n) is 8.88. The van der Waals surface area contributed by atoms with Crippen LogP contribution in [-0.4, -0.2) is 20.3 Å². The molecule has 3 heteroatoms. The zero-order valence-corrected chi connectivity index (χ0v) is 11.6. The first-order chi connectivity index (χ1) is 4.50. The fraction of sp³-hybridized carbons (Fsp3) is 1.00. The van der Waals surface area contributed by atoms with Gasteiger partial charge in [-0.1, -0.05) is 46.2 Å². The Morgan fingerprint density at radius 2 is 1.00 bits per heavy atom. The van der Waals surface area contributed by atoms with Crippen LogP contribution in [0.25, 0.3) is 0 Å². The van der Waals surface area contributed by atoms with E-state index >= 15 is 0 Å². The molecule has 0 aliphatic heterocycles. The Labute approximate surface area is 78.4 Å². The van der Waals surface area contributed by atoms with E-state index in [4.69, 9.17) is 11.6 Å². The van der Waals surface area contributed by atoms with Gasteiger partial charge in [0.1, 0.15) is 0 Å². The molecule has 0 aliphatic rings. The molecule has 0 fully saturated rings. The van der Waals surface area contributed by atoms with Gasteiger partial charge < -0.3 is 0 Å². The number of hydrogen-bond donors (Lipinski definition) is 0. The Kier molecular flexibility index (Phi) is 3.08. The van der Waals surface area contributed by atoms with Crippen molar-refractivity contribution < 1.29 is 0 Å². The van der Waals surface area contributed by atoms with Gasteiger partial charge in [0.25, 0.3) is 0 Å². The lowest BCUT2D eigenvalue weighted by Gasteiger charge is -2.44. The molecule has 0 aromatic heterocycles. The van der Waals surface area contributed by atoms with E-state index in [0.717, 1.165) is 0 Å². The number of rotatable bonds is 2. The predicted molar refractivity (Wildman–Crippen MR) is 61.0 cm³/mol. The van der Waals surface area contributed by atoms with E-state index in [1.165, 1.54) is 0 Å². The predicted octanol–water partition coefficient (Wildman–Crippen LogP) is 3.74. The molecule has 0 aliphatic carbocycles. The topological polar surface area (TPSA) is 0 Å². The summed E-state index contributed by atoms with van der Waals surface area (Å²) in [6.45, 7) is 16.4. The normalized spacial score (nSPS) is 15.3. The first kappa shape index (κ1) is 11.7. The van der Waals surface area contributed by atoms with Gasteiger partial charge in [-0.15, -0.1) is 11.6 Å². The monoisotopic (exact) mass is 208 g/mol. The molecule has 0 N–H and O–H groups in total. The smallest absolute Gasteiger partial charge is 0.0647 e. The van der Waals surface area contributed by atoms with Gasteiger partial charge in [0.05, 0.1) is 16.1 Å². The Bertz CT molecular complexity index is 123. The van der Waals surface area contributed by atoms with Crippen molar-refractivity contribution in [1.82, 2.24) is 0 Å². The van der Waals surface area contributed by atoms with E-state index < -0.39 is 16.1 Å². The van der Waals surface area contributed by atoms with E-state index in [0.29, 0.717) is 0 Å². The van der Waals surface area contributed by atoms with Crippen molar-refractivity contribution in [3.63, 3.8) is 0 Å². The summed E-state index contributed by atoms with van der Waals surface area (Å²) in [5, 5.41) is 0. The Morgan fingerprint density at radius 1 is 0.818 bits per heavy atom. The number of halogens is 1. The largest absolute Gasteiger partial charge is 0.127 e. The SMILES string of the molecule is CC(Cl)([Si](C)(C)C)[Si](C)(C)C. The van der Waals surface area contributed by atoms with Crippen LogP contribution in [-0.2, 0) is 0 Å². The molecule has 0 atom stereocenters. The van der Waals surface area contributed by atoms with Crippen LogP contribution < -0.4 is 0 Å². The molecule has 11 heavy (non-hydrogen) atoms. The molecule has 0 saturated heterocycles. The van der Waals surface area contributed by atoms with Crippen molar-refractivity contribution >= 4 is 27.7 Å². The molecule has 0 aromatic rings. The summed E-state index contributed by atoms with van der Waals surface area (Å²) in [7, 11) is -2.39. The van der Waals surface area contributed by atoms with Crippen molar-refractivity contribution in [3.8, 4) is 0 Å². The van der Waals surface area contributed by atoms with Gasteiger partial charge in [0.2, 0.25) is 0 Å². The van der Waals surface area contributed by atoms with Gasteiger partial charge >= 0.3 is 0 Å². The summed E-state index contributed by atoms with van der Waals surface area (Å²) in [5.41, 5.74) is 0. The van der Waals surface area contributed by atoms with Crippen molar-refractivity contribution in [3.05, 3.63) is 0 Å². The molecule has 0 rings (SSSR count). The lowest BCUT2D eigenvalue weighted by Crippen LogP contribution is -2.60. The molecule has 0 radical (unpaired) electrons. The molecule has 0 bridgehead atoms. The average molecular weight is 209 g/mol. The maximum Gasteiger partial charge on any atom is 0.0647 e. The van der Waals surface area contributed by atoms with Crippen LogP contribution in [0.4, 0.5) is 0 Å². The van der Waals surface area contributed by atoms with Gasteiger partial charge in [0.15, 0.2) is 0 Å². The number of hydrogen-bond acceptors (Lipinski definition) is 0. The lowest BCUT2D eigenvalue weighted by atomic mass is 10.9. The third-order valence-corrected chi connectivity index (χ3v) is 16.4. The summed E-state index contributed by atoms with van der Waals surface area (Å²) in [5.74, 6) is 0. The van der Waals surface area contributed by atoms with Crippen LogP contribution >= 0.6 is 11.6 Å². The van der Waals surface area contributed by atoms with Crippen molar-refractivity contribution in [2.24, 2.45) is 0 Å².